The molecule has 1 amide bonds. The van der Waals surface area contributed by atoms with Gasteiger partial charge in [0.15, 0.2) is 0 Å². The molecule has 0 rings (SSSR count). The molecule has 5 N–H and O–H groups in total. The summed E-state index contributed by atoms with van der Waals surface area (Å²) in [7, 11) is 0. The molecular weight excluding hydrogens is 296 g/mol. The number of carboxylic acid groups (broad SMARTS) is 1. The summed E-state index contributed by atoms with van der Waals surface area (Å²) in [5.74, 6) is 0. The Morgan fingerprint density at radius 2 is 1.05 bits per heavy atom. The van der Waals surface area contributed by atoms with Crippen LogP contribution in [-0.2, 0) is 23.7 Å². The van der Waals surface area contributed by atoms with Gasteiger partial charge in [-0.05, 0) is 6.92 Å². The van der Waals surface area contributed by atoms with E-state index in [1.807, 2.05) is 6.92 Å². The summed E-state index contributed by atoms with van der Waals surface area (Å²) in [6.07, 6.45) is -1.33. The highest BCUT2D eigenvalue weighted by Gasteiger charge is 1.92. The van der Waals surface area contributed by atoms with Gasteiger partial charge in [0, 0.05) is 13.2 Å². The fraction of sp³-hybridized carbons (Fsp3) is 0.923. The minimum atomic E-state index is -1.33. The molecule has 0 aliphatic carbocycles. The predicted octanol–water partition coefficient (Wildman–Crippen LogP) is -0.329. The highest BCUT2D eigenvalue weighted by Crippen LogP contribution is 1.83. The topological polar surface area (TPSA) is 135 Å². The fourth-order valence-electron chi connectivity index (χ4n) is 1.11. The Hall–Kier alpha value is -0.970. The van der Waals surface area contributed by atoms with E-state index in [0.717, 1.165) is 6.61 Å². The summed E-state index contributed by atoms with van der Waals surface area (Å²) in [5, 5.41) is 7.19. The molecule has 0 spiro atoms. The minimum Gasteiger partial charge on any atom is -0.465 e. The van der Waals surface area contributed by atoms with Gasteiger partial charge in [0.05, 0.1) is 59.5 Å². The molecule has 0 aliphatic heterocycles. The van der Waals surface area contributed by atoms with Crippen molar-refractivity contribution in [1.29, 1.82) is 0 Å². The summed E-state index contributed by atoms with van der Waals surface area (Å²) in [6.45, 7) is 8.56. The predicted molar refractivity (Wildman–Crippen MR) is 81.0 cm³/mol. The van der Waals surface area contributed by atoms with E-state index < -0.39 is 6.09 Å². The number of nitrogens with two attached hydrogens (primary N) is 2. The van der Waals surface area contributed by atoms with E-state index in [0.29, 0.717) is 66.0 Å². The minimum absolute atomic E-state index is 0.548. The van der Waals surface area contributed by atoms with Crippen molar-refractivity contribution in [2.24, 2.45) is 11.5 Å². The van der Waals surface area contributed by atoms with Crippen LogP contribution in [0.3, 0.4) is 0 Å². The molecule has 0 bridgehead atoms. The zero-order valence-corrected chi connectivity index (χ0v) is 13.3. The lowest BCUT2D eigenvalue weighted by Gasteiger charge is -2.07. The molecule has 22 heavy (non-hydrogen) atoms. The average molecular weight is 326 g/mol. The first-order valence-corrected chi connectivity index (χ1v) is 7.22. The first-order valence-electron chi connectivity index (χ1n) is 7.22. The molecule has 0 aromatic carbocycles. The Kier molecular flexibility index (Phi) is 23.6. The second-order valence-electron chi connectivity index (χ2n) is 3.77. The first kappa shape index (κ1) is 23.3. The van der Waals surface area contributed by atoms with Gasteiger partial charge in [-0.2, -0.15) is 0 Å². The Balaban J connectivity index is 0. The average Bonchev–Trinajstić information content (AvgIpc) is 2.47. The maximum Gasteiger partial charge on any atom is 0.402 e. The summed E-state index contributed by atoms with van der Waals surface area (Å²) in [4.78, 5) is 8.78. The molecule has 9 nitrogen and oxygen atoms in total. The zero-order chi connectivity index (χ0) is 16.9. The maximum atomic E-state index is 8.78. The molecule has 9 heteroatoms. The van der Waals surface area contributed by atoms with Crippen LogP contribution in [0, 0.1) is 0 Å². The standard InChI is InChI=1S/C12H27NO5.CH3NO2/c1-2-14-5-6-16-9-10-18-12-11-17-8-7-15-4-3-13;2-1(3)4/h2-13H2,1H3;2H2,(H,3,4). The van der Waals surface area contributed by atoms with Crippen LogP contribution in [0.25, 0.3) is 0 Å². The Labute approximate surface area is 131 Å². The van der Waals surface area contributed by atoms with Crippen molar-refractivity contribution in [3.63, 3.8) is 0 Å². The first-order chi connectivity index (χ1) is 10.6. The van der Waals surface area contributed by atoms with Crippen LogP contribution >= 0.6 is 0 Å². The van der Waals surface area contributed by atoms with Crippen molar-refractivity contribution in [3.05, 3.63) is 0 Å². The number of carbonyl (C=O) groups is 1. The molecule has 0 atom stereocenters. The number of primary amides is 1. The van der Waals surface area contributed by atoms with Crippen LogP contribution in [0.15, 0.2) is 0 Å². The van der Waals surface area contributed by atoms with Gasteiger partial charge < -0.3 is 40.3 Å². The lowest BCUT2D eigenvalue weighted by Crippen LogP contribution is -2.14. The van der Waals surface area contributed by atoms with Crippen molar-refractivity contribution in [1.82, 2.24) is 0 Å². The fourth-order valence-corrected chi connectivity index (χ4v) is 1.11. The molecule has 0 aliphatic rings. The molecule has 0 saturated carbocycles. The van der Waals surface area contributed by atoms with Gasteiger partial charge in [-0.1, -0.05) is 0 Å². The van der Waals surface area contributed by atoms with Crippen LogP contribution in [0.5, 0.6) is 0 Å². The highest BCUT2D eigenvalue weighted by atomic mass is 16.6. The zero-order valence-electron chi connectivity index (χ0n) is 13.3. The van der Waals surface area contributed by atoms with Crippen molar-refractivity contribution in [3.8, 4) is 0 Å². The smallest absolute Gasteiger partial charge is 0.402 e. The monoisotopic (exact) mass is 326 g/mol. The molecule has 0 unspecified atom stereocenters. The van der Waals surface area contributed by atoms with Crippen LogP contribution in [0.1, 0.15) is 6.92 Å². The molecule has 0 fully saturated rings. The number of rotatable bonds is 15. The summed E-state index contributed by atoms with van der Waals surface area (Å²) >= 11 is 0. The number of hydrogen-bond acceptors (Lipinski definition) is 7. The largest absolute Gasteiger partial charge is 0.465 e. The van der Waals surface area contributed by atoms with Gasteiger partial charge in [0.1, 0.15) is 0 Å². The Morgan fingerprint density at radius 1 is 0.773 bits per heavy atom. The molecular formula is C13H30N2O7. The van der Waals surface area contributed by atoms with Gasteiger partial charge in [-0.25, -0.2) is 4.79 Å². The number of hydrogen-bond donors (Lipinski definition) is 3. The maximum absolute atomic E-state index is 8.78. The second-order valence-corrected chi connectivity index (χ2v) is 3.77. The van der Waals surface area contributed by atoms with Crippen LogP contribution in [0.4, 0.5) is 4.79 Å². The van der Waals surface area contributed by atoms with Crippen LogP contribution in [0.2, 0.25) is 0 Å². The van der Waals surface area contributed by atoms with Crippen molar-refractivity contribution < 1.29 is 33.6 Å². The third-order valence-electron chi connectivity index (χ3n) is 1.95. The SMILES string of the molecule is CCOCCOCCOCCOCCOCCN.NC(=O)O. The Bertz CT molecular complexity index is 201. The van der Waals surface area contributed by atoms with Crippen molar-refractivity contribution >= 4 is 6.09 Å². The van der Waals surface area contributed by atoms with Crippen molar-refractivity contribution in [2.75, 3.05) is 72.6 Å². The normalized spacial score (nSPS) is 10.1. The molecule has 0 aromatic heterocycles. The highest BCUT2D eigenvalue weighted by molar-refractivity contribution is 5.61. The van der Waals surface area contributed by atoms with Crippen LogP contribution < -0.4 is 11.5 Å². The number of ether oxygens (including phenoxy) is 5. The molecule has 0 aromatic rings. The van der Waals surface area contributed by atoms with Crippen LogP contribution in [-0.4, -0.2) is 83.8 Å². The molecule has 0 heterocycles. The lowest BCUT2D eigenvalue weighted by atomic mass is 10.7. The van der Waals surface area contributed by atoms with Gasteiger partial charge in [0.2, 0.25) is 0 Å². The molecule has 0 radical (unpaired) electrons. The quantitative estimate of drug-likeness (QED) is 0.348. The van der Waals surface area contributed by atoms with E-state index in [2.05, 4.69) is 5.73 Å². The van der Waals surface area contributed by atoms with Gasteiger partial charge in [-0.3, -0.25) is 0 Å². The van der Waals surface area contributed by atoms with Gasteiger partial charge in [0.25, 0.3) is 0 Å². The molecule has 0 saturated heterocycles. The summed E-state index contributed by atoms with van der Waals surface area (Å²) in [6, 6.07) is 0. The summed E-state index contributed by atoms with van der Waals surface area (Å²) < 4.78 is 26.2. The number of amides is 1. The lowest BCUT2D eigenvalue weighted by molar-refractivity contribution is -0.00967. The summed E-state index contributed by atoms with van der Waals surface area (Å²) in [5.41, 5.74) is 9.30. The second kappa shape index (κ2) is 22.3. The third-order valence-corrected chi connectivity index (χ3v) is 1.95. The van der Waals surface area contributed by atoms with Crippen molar-refractivity contribution in [2.45, 2.75) is 6.92 Å². The van der Waals surface area contributed by atoms with E-state index in [4.69, 9.17) is 39.3 Å². The van der Waals surface area contributed by atoms with E-state index in [1.54, 1.807) is 0 Å². The van der Waals surface area contributed by atoms with Gasteiger partial charge in [-0.15, -0.1) is 0 Å². The van der Waals surface area contributed by atoms with E-state index >= 15 is 0 Å². The molecule has 134 valence electrons. The van der Waals surface area contributed by atoms with Gasteiger partial charge >= 0.3 is 6.09 Å². The van der Waals surface area contributed by atoms with E-state index in [-0.39, 0.29) is 0 Å². The third kappa shape index (κ3) is 31.4. The van der Waals surface area contributed by atoms with E-state index in [9.17, 15) is 0 Å². The Morgan fingerprint density at radius 3 is 1.32 bits per heavy atom. The van der Waals surface area contributed by atoms with E-state index in [1.165, 1.54) is 0 Å².